The van der Waals surface area contributed by atoms with E-state index in [9.17, 15) is 4.79 Å². The first-order valence-electron chi connectivity index (χ1n) is 4.00. The third kappa shape index (κ3) is 4.53. The lowest BCUT2D eigenvalue weighted by molar-refractivity contribution is -0.132. The van der Waals surface area contributed by atoms with E-state index in [0.29, 0.717) is 12.0 Å². The minimum atomic E-state index is -0.891. The predicted molar refractivity (Wildman–Crippen MR) is 49.0 cm³/mol. The standard InChI is InChI=1S/C10H14O2/c1-3-5-7-9(10(11)12)8-6-4-2/h3,5-6H,4,7H2,1-2H3,(H,11,12). The van der Waals surface area contributed by atoms with Crippen LogP contribution in [0.5, 0.6) is 0 Å². The maximum absolute atomic E-state index is 10.6. The van der Waals surface area contributed by atoms with Gasteiger partial charge in [-0.1, -0.05) is 19.1 Å². The van der Waals surface area contributed by atoms with Gasteiger partial charge in [-0.15, -0.1) is 5.73 Å². The van der Waals surface area contributed by atoms with Gasteiger partial charge in [0.15, 0.2) is 0 Å². The van der Waals surface area contributed by atoms with E-state index in [1.807, 2.05) is 19.9 Å². The number of rotatable bonds is 4. The maximum Gasteiger partial charge on any atom is 0.339 e. The van der Waals surface area contributed by atoms with Crippen molar-refractivity contribution >= 4 is 5.97 Å². The number of carbonyl (C=O) groups is 1. The molecule has 0 atom stereocenters. The van der Waals surface area contributed by atoms with Crippen LogP contribution in [0.3, 0.4) is 0 Å². The maximum atomic E-state index is 10.6. The third-order valence-corrected chi connectivity index (χ3v) is 1.30. The second kappa shape index (κ2) is 6.44. The Bertz CT molecular complexity index is 230. The lowest BCUT2D eigenvalue weighted by Crippen LogP contribution is -1.97. The van der Waals surface area contributed by atoms with Gasteiger partial charge in [0.2, 0.25) is 0 Å². The topological polar surface area (TPSA) is 37.3 Å². The summed E-state index contributed by atoms with van der Waals surface area (Å²) in [7, 11) is 0. The molecule has 0 fully saturated rings. The number of allylic oxidation sites excluding steroid dienone is 2. The normalized spacial score (nSPS) is 9.50. The Labute approximate surface area is 72.9 Å². The van der Waals surface area contributed by atoms with Crippen molar-refractivity contribution in [1.29, 1.82) is 0 Å². The Morgan fingerprint density at radius 1 is 1.58 bits per heavy atom. The Morgan fingerprint density at radius 3 is 2.67 bits per heavy atom. The van der Waals surface area contributed by atoms with Gasteiger partial charge in [-0.25, -0.2) is 4.79 Å². The molecule has 0 saturated heterocycles. The molecule has 0 aromatic rings. The minimum absolute atomic E-state index is 0.315. The van der Waals surface area contributed by atoms with E-state index in [-0.39, 0.29) is 0 Å². The molecule has 0 aromatic carbocycles. The van der Waals surface area contributed by atoms with Crippen molar-refractivity contribution in [2.24, 2.45) is 0 Å². The second-order valence-electron chi connectivity index (χ2n) is 2.31. The summed E-state index contributed by atoms with van der Waals surface area (Å²) in [5.41, 5.74) is 3.06. The molecule has 0 aromatic heterocycles. The van der Waals surface area contributed by atoms with Crippen LogP contribution < -0.4 is 0 Å². The zero-order valence-corrected chi connectivity index (χ0v) is 7.50. The van der Waals surface area contributed by atoms with Crippen LogP contribution in [0.1, 0.15) is 26.7 Å². The molecule has 2 nitrogen and oxygen atoms in total. The van der Waals surface area contributed by atoms with Crippen LogP contribution in [0.4, 0.5) is 0 Å². The van der Waals surface area contributed by atoms with Crippen LogP contribution in [0, 0.1) is 0 Å². The molecule has 0 saturated carbocycles. The monoisotopic (exact) mass is 166 g/mol. The fraction of sp³-hybridized carbons (Fsp3) is 0.400. The van der Waals surface area contributed by atoms with Crippen molar-refractivity contribution in [1.82, 2.24) is 0 Å². The molecule has 0 rings (SSSR count). The van der Waals surface area contributed by atoms with Crippen LogP contribution in [-0.2, 0) is 4.79 Å². The molecule has 0 spiro atoms. The van der Waals surface area contributed by atoms with Gasteiger partial charge in [-0.3, -0.25) is 0 Å². The molecule has 2 heteroatoms. The Balaban J connectivity index is 4.44. The van der Waals surface area contributed by atoms with E-state index in [1.54, 1.807) is 12.2 Å². The molecule has 1 N–H and O–H groups in total. The molecule has 66 valence electrons. The SMILES string of the molecule is CC=CCC(=C=CCC)C(=O)O. The van der Waals surface area contributed by atoms with Crippen LogP contribution in [-0.4, -0.2) is 11.1 Å². The summed E-state index contributed by atoms with van der Waals surface area (Å²) in [6, 6.07) is 0. The highest BCUT2D eigenvalue weighted by atomic mass is 16.4. The van der Waals surface area contributed by atoms with Crippen LogP contribution in [0.2, 0.25) is 0 Å². The van der Waals surface area contributed by atoms with Crippen LogP contribution in [0.15, 0.2) is 29.5 Å². The van der Waals surface area contributed by atoms with E-state index < -0.39 is 5.97 Å². The van der Waals surface area contributed by atoms with Gasteiger partial charge in [0.1, 0.15) is 0 Å². The van der Waals surface area contributed by atoms with Crippen LogP contribution >= 0.6 is 0 Å². The predicted octanol–water partition coefficient (Wildman–Crippen LogP) is 2.53. The number of hydrogen-bond acceptors (Lipinski definition) is 1. The molecule has 12 heavy (non-hydrogen) atoms. The quantitative estimate of drug-likeness (QED) is 0.396. The summed E-state index contributed by atoms with van der Waals surface area (Å²) in [5.74, 6) is -0.891. The first-order chi connectivity index (χ1) is 5.72. The summed E-state index contributed by atoms with van der Waals surface area (Å²) in [6.45, 7) is 3.81. The van der Waals surface area contributed by atoms with Crippen molar-refractivity contribution in [2.75, 3.05) is 0 Å². The fourth-order valence-electron chi connectivity index (χ4n) is 0.669. The lowest BCUT2D eigenvalue weighted by atomic mass is 10.2. The van der Waals surface area contributed by atoms with E-state index in [1.165, 1.54) is 0 Å². The fourth-order valence-corrected chi connectivity index (χ4v) is 0.669. The largest absolute Gasteiger partial charge is 0.477 e. The molecule has 0 radical (unpaired) electrons. The average molecular weight is 166 g/mol. The van der Waals surface area contributed by atoms with Crippen molar-refractivity contribution in [3.05, 3.63) is 29.5 Å². The van der Waals surface area contributed by atoms with Gasteiger partial charge in [0.05, 0.1) is 5.57 Å². The Hall–Kier alpha value is -1.27. The molecular formula is C10H14O2. The lowest BCUT2D eigenvalue weighted by Gasteiger charge is -1.91. The van der Waals surface area contributed by atoms with Gasteiger partial charge in [0, 0.05) is 6.42 Å². The van der Waals surface area contributed by atoms with Crippen molar-refractivity contribution in [3.8, 4) is 0 Å². The van der Waals surface area contributed by atoms with E-state index in [0.717, 1.165) is 6.42 Å². The molecule has 0 aliphatic carbocycles. The summed E-state index contributed by atoms with van der Waals surface area (Å²) in [6.07, 6.45) is 6.62. The van der Waals surface area contributed by atoms with E-state index in [4.69, 9.17) is 5.11 Å². The van der Waals surface area contributed by atoms with Crippen molar-refractivity contribution < 1.29 is 9.90 Å². The van der Waals surface area contributed by atoms with Gasteiger partial charge >= 0.3 is 5.97 Å². The molecule has 0 unspecified atom stereocenters. The number of hydrogen-bond donors (Lipinski definition) is 1. The molecule has 0 bridgehead atoms. The second-order valence-corrected chi connectivity index (χ2v) is 2.31. The molecule has 0 heterocycles. The van der Waals surface area contributed by atoms with Crippen molar-refractivity contribution in [2.45, 2.75) is 26.7 Å². The summed E-state index contributed by atoms with van der Waals surface area (Å²) in [4.78, 5) is 10.6. The van der Waals surface area contributed by atoms with E-state index >= 15 is 0 Å². The van der Waals surface area contributed by atoms with Crippen LogP contribution in [0.25, 0.3) is 0 Å². The highest BCUT2D eigenvalue weighted by Gasteiger charge is 2.02. The third-order valence-electron chi connectivity index (χ3n) is 1.30. The molecule has 0 amide bonds. The average Bonchev–Trinajstić information content (AvgIpc) is 2.04. The number of carboxylic acids is 1. The van der Waals surface area contributed by atoms with Gasteiger partial charge in [-0.2, -0.15) is 0 Å². The number of aliphatic carboxylic acids is 1. The Morgan fingerprint density at radius 2 is 2.25 bits per heavy atom. The van der Waals surface area contributed by atoms with E-state index in [2.05, 4.69) is 5.73 Å². The zero-order valence-electron chi connectivity index (χ0n) is 7.50. The first kappa shape index (κ1) is 10.7. The number of carboxylic acid groups (broad SMARTS) is 1. The van der Waals surface area contributed by atoms with Gasteiger partial charge < -0.3 is 5.11 Å². The summed E-state index contributed by atoms with van der Waals surface area (Å²) in [5, 5.41) is 8.67. The highest BCUT2D eigenvalue weighted by molar-refractivity contribution is 5.86. The van der Waals surface area contributed by atoms with Crippen molar-refractivity contribution in [3.63, 3.8) is 0 Å². The zero-order chi connectivity index (χ0) is 9.40. The summed E-state index contributed by atoms with van der Waals surface area (Å²) < 4.78 is 0. The van der Waals surface area contributed by atoms with Gasteiger partial charge in [0.25, 0.3) is 0 Å². The van der Waals surface area contributed by atoms with Gasteiger partial charge in [-0.05, 0) is 19.4 Å². The summed E-state index contributed by atoms with van der Waals surface area (Å²) >= 11 is 0. The molecule has 0 aliphatic rings. The first-order valence-corrected chi connectivity index (χ1v) is 4.00. The smallest absolute Gasteiger partial charge is 0.339 e. The Kier molecular flexibility index (Phi) is 5.76. The molecule has 0 aliphatic heterocycles. The highest BCUT2D eigenvalue weighted by Crippen LogP contribution is 2.00. The minimum Gasteiger partial charge on any atom is -0.477 e. The molecular weight excluding hydrogens is 152 g/mol.